The Morgan fingerprint density at radius 1 is 1.22 bits per heavy atom. The summed E-state index contributed by atoms with van der Waals surface area (Å²) in [5.41, 5.74) is 7.08. The first kappa shape index (κ1) is 18.9. The number of nitrogen functional groups attached to an aromatic ring is 1. The molecule has 3 rings (SSSR count). The monoisotopic (exact) mass is 407 g/mol. The molecule has 0 unspecified atom stereocenters. The molecule has 0 fully saturated rings. The molecule has 1 aromatic carbocycles. The van der Waals surface area contributed by atoms with Gasteiger partial charge in [0.1, 0.15) is 10.7 Å². The molecule has 0 aliphatic rings. The number of hydrogen-bond acceptors (Lipinski definition) is 8. The normalized spacial score (nSPS) is 10.7. The lowest BCUT2D eigenvalue weighted by Crippen LogP contribution is -2.11. The highest BCUT2D eigenvalue weighted by Gasteiger charge is 2.21. The van der Waals surface area contributed by atoms with E-state index in [2.05, 4.69) is 25.4 Å². The van der Waals surface area contributed by atoms with Crippen molar-refractivity contribution in [3.8, 4) is 0 Å². The molecule has 0 saturated carbocycles. The van der Waals surface area contributed by atoms with Gasteiger partial charge in [-0.15, -0.1) is 0 Å². The number of esters is 1. The van der Waals surface area contributed by atoms with Crippen LogP contribution in [0.1, 0.15) is 21.9 Å². The maximum atomic E-state index is 12.3. The Labute approximate surface area is 164 Å². The van der Waals surface area contributed by atoms with Gasteiger partial charge in [0.05, 0.1) is 5.69 Å². The summed E-state index contributed by atoms with van der Waals surface area (Å²) in [6, 6.07) is 6.96. The molecule has 140 valence electrons. The van der Waals surface area contributed by atoms with Crippen LogP contribution in [0.25, 0.3) is 0 Å². The number of aromatic nitrogens is 5. The van der Waals surface area contributed by atoms with Gasteiger partial charge in [-0.2, -0.15) is 20.1 Å². The van der Waals surface area contributed by atoms with Crippen LogP contribution in [-0.4, -0.2) is 30.7 Å². The lowest BCUT2D eigenvalue weighted by Gasteiger charge is -2.08. The number of carbonyl (C=O) groups is 1. The number of carbonyl (C=O) groups excluding carboxylic acids is 1. The molecule has 2 heterocycles. The topological polar surface area (TPSA) is 121 Å². The zero-order valence-electron chi connectivity index (χ0n) is 14.4. The minimum atomic E-state index is -0.628. The number of anilines is 3. The van der Waals surface area contributed by atoms with Crippen LogP contribution in [0.15, 0.2) is 24.3 Å². The molecule has 0 aliphatic carbocycles. The van der Waals surface area contributed by atoms with Gasteiger partial charge in [-0.05, 0) is 31.2 Å². The van der Waals surface area contributed by atoms with Crippen LogP contribution < -0.4 is 11.1 Å². The van der Waals surface area contributed by atoms with Gasteiger partial charge < -0.3 is 15.8 Å². The second-order valence-electron chi connectivity index (χ2n) is 5.52. The first-order valence-electron chi connectivity index (χ1n) is 7.72. The Bertz CT molecular complexity index is 989. The van der Waals surface area contributed by atoms with E-state index in [1.807, 2.05) is 0 Å². The third-order valence-corrected chi connectivity index (χ3v) is 4.17. The molecule has 27 heavy (non-hydrogen) atoms. The van der Waals surface area contributed by atoms with Crippen LogP contribution in [0.3, 0.4) is 0 Å². The van der Waals surface area contributed by atoms with Crippen LogP contribution in [0, 0.1) is 6.92 Å². The molecule has 0 aliphatic heterocycles. The summed E-state index contributed by atoms with van der Waals surface area (Å²) >= 11 is 11.9. The van der Waals surface area contributed by atoms with Crippen molar-refractivity contribution in [3.05, 3.63) is 51.5 Å². The van der Waals surface area contributed by atoms with Crippen LogP contribution in [0.4, 0.5) is 17.6 Å². The third-order valence-electron chi connectivity index (χ3n) is 3.49. The van der Waals surface area contributed by atoms with Crippen molar-refractivity contribution in [3.63, 3.8) is 0 Å². The summed E-state index contributed by atoms with van der Waals surface area (Å²) in [6.45, 7) is 1.46. The number of nitrogens with zero attached hydrogens (tertiary/aromatic N) is 5. The van der Waals surface area contributed by atoms with Crippen molar-refractivity contribution in [2.24, 2.45) is 7.05 Å². The van der Waals surface area contributed by atoms with E-state index in [0.29, 0.717) is 16.4 Å². The van der Waals surface area contributed by atoms with Gasteiger partial charge in [-0.25, -0.2) is 4.79 Å². The first-order chi connectivity index (χ1) is 12.8. The van der Waals surface area contributed by atoms with E-state index in [1.54, 1.807) is 38.2 Å². The van der Waals surface area contributed by atoms with E-state index >= 15 is 0 Å². The predicted octanol–water partition coefficient (Wildman–Crippen LogP) is 2.90. The van der Waals surface area contributed by atoms with Gasteiger partial charge in [0.25, 0.3) is 0 Å². The largest absolute Gasteiger partial charge is 0.454 e. The molecule has 3 aromatic rings. The second kappa shape index (κ2) is 7.77. The van der Waals surface area contributed by atoms with E-state index in [-0.39, 0.29) is 35.0 Å². The smallest absolute Gasteiger partial charge is 0.343 e. The summed E-state index contributed by atoms with van der Waals surface area (Å²) in [7, 11) is 1.63. The number of aryl methyl sites for hydroxylation is 2. The molecule has 11 heteroatoms. The summed E-state index contributed by atoms with van der Waals surface area (Å²) in [6.07, 6.45) is 0. The van der Waals surface area contributed by atoms with Crippen LogP contribution in [0.5, 0.6) is 0 Å². The van der Waals surface area contributed by atoms with Gasteiger partial charge in [0.2, 0.25) is 11.9 Å². The van der Waals surface area contributed by atoms with Gasteiger partial charge in [-0.3, -0.25) is 4.68 Å². The lowest BCUT2D eigenvalue weighted by atomic mass is 10.3. The molecule has 0 bridgehead atoms. The zero-order valence-corrected chi connectivity index (χ0v) is 15.9. The summed E-state index contributed by atoms with van der Waals surface area (Å²) in [5, 5.41) is 7.85. The highest BCUT2D eigenvalue weighted by atomic mass is 35.5. The molecule has 3 N–H and O–H groups in total. The molecule has 0 radical (unpaired) electrons. The highest BCUT2D eigenvalue weighted by Crippen LogP contribution is 2.20. The van der Waals surface area contributed by atoms with Gasteiger partial charge >= 0.3 is 5.97 Å². The molecular weight excluding hydrogens is 393 g/mol. The van der Waals surface area contributed by atoms with E-state index in [1.165, 1.54) is 4.68 Å². The molecular formula is C16H15Cl2N7O2. The van der Waals surface area contributed by atoms with Gasteiger partial charge in [0.15, 0.2) is 12.4 Å². The molecule has 9 nitrogen and oxygen atoms in total. The molecule has 0 saturated heterocycles. The van der Waals surface area contributed by atoms with E-state index in [9.17, 15) is 4.79 Å². The molecule has 2 aromatic heterocycles. The standard InChI is InChI=1S/C16H15Cl2N7O2/c1-8-12(13(18)25(2)24-8)14(26)27-7-11-21-15(19)23-16(22-11)20-10-5-3-9(17)4-6-10/h3-6H,7H2,1-2H3,(H3,19,20,21,22,23). The van der Waals surface area contributed by atoms with Crippen molar-refractivity contribution in [2.75, 3.05) is 11.1 Å². The zero-order chi connectivity index (χ0) is 19.6. The fourth-order valence-corrected chi connectivity index (χ4v) is 2.66. The minimum absolute atomic E-state index is 0.0110. The maximum Gasteiger partial charge on any atom is 0.343 e. The van der Waals surface area contributed by atoms with Crippen molar-refractivity contribution >= 4 is 46.8 Å². The number of benzene rings is 1. The molecule has 0 amide bonds. The lowest BCUT2D eigenvalue weighted by molar-refractivity contribution is 0.0461. The van der Waals surface area contributed by atoms with Crippen LogP contribution in [0.2, 0.25) is 10.2 Å². The fourth-order valence-electron chi connectivity index (χ4n) is 2.28. The molecule has 0 atom stereocenters. The summed E-state index contributed by atoms with van der Waals surface area (Å²) < 4.78 is 6.63. The van der Waals surface area contributed by atoms with Crippen LogP contribution >= 0.6 is 23.2 Å². The number of hydrogen-bond donors (Lipinski definition) is 2. The van der Waals surface area contributed by atoms with Crippen molar-refractivity contribution in [1.82, 2.24) is 24.7 Å². The van der Waals surface area contributed by atoms with Gasteiger partial charge in [0, 0.05) is 17.8 Å². The summed E-state index contributed by atoms with van der Waals surface area (Å²) in [5.74, 6) is -0.240. The van der Waals surface area contributed by atoms with Gasteiger partial charge in [-0.1, -0.05) is 23.2 Å². The third kappa shape index (κ3) is 4.44. The van der Waals surface area contributed by atoms with E-state index < -0.39 is 5.97 Å². The minimum Gasteiger partial charge on any atom is -0.454 e. The fraction of sp³-hybridized carbons (Fsp3) is 0.188. The van der Waals surface area contributed by atoms with Crippen LogP contribution in [-0.2, 0) is 18.4 Å². The number of halogens is 2. The Morgan fingerprint density at radius 3 is 2.56 bits per heavy atom. The average molecular weight is 408 g/mol. The molecule has 0 spiro atoms. The average Bonchev–Trinajstić information content (AvgIpc) is 2.87. The Kier molecular flexibility index (Phi) is 5.43. The summed E-state index contributed by atoms with van der Waals surface area (Å²) in [4.78, 5) is 24.4. The number of ether oxygens (including phenoxy) is 1. The van der Waals surface area contributed by atoms with Crippen molar-refractivity contribution in [2.45, 2.75) is 13.5 Å². The number of nitrogens with two attached hydrogens (primary N) is 1. The highest BCUT2D eigenvalue weighted by molar-refractivity contribution is 6.32. The predicted molar refractivity (Wildman–Crippen MR) is 101 cm³/mol. The Balaban J connectivity index is 1.72. The quantitative estimate of drug-likeness (QED) is 0.619. The number of rotatable bonds is 5. The second-order valence-corrected chi connectivity index (χ2v) is 6.31. The van der Waals surface area contributed by atoms with Crippen molar-refractivity contribution in [1.29, 1.82) is 0 Å². The Hall–Kier alpha value is -2.91. The maximum absolute atomic E-state index is 12.3. The van der Waals surface area contributed by atoms with E-state index in [4.69, 9.17) is 33.7 Å². The Morgan fingerprint density at radius 2 is 1.93 bits per heavy atom. The van der Waals surface area contributed by atoms with E-state index in [0.717, 1.165) is 0 Å². The SMILES string of the molecule is Cc1nn(C)c(Cl)c1C(=O)OCc1nc(N)nc(Nc2ccc(Cl)cc2)n1. The van der Waals surface area contributed by atoms with Crippen molar-refractivity contribution < 1.29 is 9.53 Å². The number of nitrogens with one attached hydrogen (secondary N) is 1. The first-order valence-corrected chi connectivity index (χ1v) is 8.48.